The molecule has 3 aromatic carbocycles. The van der Waals surface area contributed by atoms with Crippen molar-refractivity contribution in [2.24, 2.45) is 0 Å². The lowest BCUT2D eigenvalue weighted by molar-refractivity contribution is -0.420. The summed E-state index contributed by atoms with van der Waals surface area (Å²) in [6, 6.07) is 21.6. The molecule has 0 radical (unpaired) electrons. The van der Waals surface area contributed by atoms with E-state index in [-0.39, 0.29) is 5.56 Å². The van der Waals surface area contributed by atoms with E-state index in [1.165, 1.54) is 28.5 Å². The van der Waals surface area contributed by atoms with E-state index in [1.807, 2.05) is 0 Å². The molecular weight excluding hydrogens is 354 g/mol. The maximum absolute atomic E-state index is 10.2. The molecule has 0 unspecified atom stereocenters. The van der Waals surface area contributed by atoms with Crippen molar-refractivity contribution < 1.29 is 15.6 Å². The molecule has 0 fully saturated rings. The molecule has 4 heteroatoms. The SMILES string of the molecule is C[C@@H]([NH3+])c1ccc2ccccc2c1.O=C([O-])c1ccc(Br)cc1. The summed E-state index contributed by atoms with van der Waals surface area (Å²) in [4.78, 5) is 10.2. The van der Waals surface area contributed by atoms with Gasteiger partial charge in [0.05, 0.1) is 5.97 Å². The number of rotatable bonds is 2. The third kappa shape index (κ3) is 4.91. The van der Waals surface area contributed by atoms with Crippen LogP contribution < -0.4 is 10.8 Å². The monoisotopic (exact) mass is 371 g/mol. The smallest absolute Gasteiger partial charge is 0.107 e. The Morgan fingerprint density at radius 2 is 1.61 bits per heavy atom. The lowest BCUT2D eigenvalue weighted by Gasteiger charge is -2.03. The number of carbonyl (C=O) groups is 1. The summed E-state index contributed by atoms with van der Waals surface area (Å²) in [7, 11) is 0. The molecule has 0 amide bonds. The first-order chi connectivity index (χ1) is 11.0. The van der Waals surface area contributed by atoms with Crippen LogP contribution in [0, 0.1) is 0 Å². The third-order valence-electron chi connectivity index (χ3n) is 3.42. The van der Waals surface area contributed by atoms with Gasteiger partial charge >= 0.3 is 0 Å². The lowest BCUT2D eigenvalue weighted by Crippen LogP contribution is -2.51. The maximum Gasteiger partial charge on any atom is 0.107 e. The lowest BCUT2D eigenvalue weighted by atomic mass is 10.0. The highest BCUT2D eigenvalue weighted by Gasteiger charge is 2.02. The minimum atomic E-state index is -1.15. The first-order valence-corrected chi connectivity index (χ1v) is 8.05. The van der Waals surface area contributed by atoms with Gasteiger partial charge in [-0.3, -0.25) is 0 Å². The van der Waals surface area contributed by atoms with Crippen LogP contribution in [0.15, 0.2) is 71.2 Å². The van der Waals surface area contributed by atoms with Gasteiger partial charge in [0.1, 0.15) is 6.04 Å². The number of benzene rings is 3. The van der Waals surface area contributed by atoms with Crippen LogP contribution in [0.3, 0.4) is 0 Å². The van der Waals surface area contributed by atoms with Crippen molar-refractivity contribution >= 4 is 32.7 Å². The predicted molar refractivity (Wildman–Crippen MR) is 93.7 cm³/mol. The summed E-state index contributed by atoms with van der Waals surface area (Å²) in [5.74, 6) is -1.15. The Balaban J connectivity index is 0.000000174. The largest absolute Gasteiger partial charge is 0.545 e. The molecule has 0 bridgehead atoms. The van der Waals surface area contributed by atoms with Crippen molar-refractivity contribution in [1.82, 2.24) is 0 Å². The van der Waals surface area contributed by atoms with E-state index in [0.717, 1.165) is 4.47 Å². The number of halogens is 1. The first kappa shape index (κ1) is 17.2. The fraction of sp³-hybridized carbons (Fsp3) is 0.105. The number of carboxylic acids is 1. The molecule has 0 aliphatic rings. The van der Waals surface area contributed by atoms with Crippen LogP contribution in [0.25, 0.3) is 10.8 Å². The zero-order valence-electron chi connectivity index (χ0n) is 12.8. The topological polar surface area (TPSA) is 67.8 Å². The molecule has 3 aromatic rings. The molecule has 0 heterocycles. The molecular formula is C19H18BrNO2. The van der Waals surface area contributed by atoms with Gasteiger partial charge in [-0.2, -0.15) is 0 Å². The van der Waals surface area contributed by atoms with E-state index in [2.05, 4.69) is 71.1 Å². The highest BCUT2D eigenvalue weighted by Crippen LogP contribution is 2.17. The number of aromatic carboxylic acids is 1. The van der Waals surface area contributed by atoms with E-state index in [4.69, 9.17) is 0 Å². The van der Waals surface area contributed by atoms with Crippen molar-refractivity contribution in [2.45, 2.75) is 13.0 Å². The van der Waals surface area contributed by atoms with Gasteiger partial charge in [-0.1, -0.05) is 64.5 Å². The van der Waals surface area contributed by atoms with E-state index in [0.29, 0.717) is 6.04 Å². The molecule has 0 spiro atoms. The fourth-order valence-corrected chi connectivity index (χ4v) is 2.36. The minimum Gasteiger partial charge on any atom is -0.545 e. The van der Waals surface area contributed by atoms with Crippen LogP contribution in [0.1, 0.15) is 28.9 Å². The van der Waals surface area contributed by atoms with Crippen molar-refractivity contribution in [1.29, 1.82) is 0 Å². The Morgan fingerprint density at radius 3 is 2.17 bits per heavy atom. The van der Waals surface area contributed by atoms with Crippen LogP contribution in [0.4, 0.5) is 0 Å². The Hall–Kier alpha value is -2.17. The summed E-state index contributed by atoms with van der Waals surface area (Å²) in [5, 5.41) is 12.8. The molecule has 0 aliphatic carbocycles. The van der Waals surface area contributed by atoms with Gasteiger partial charge in [0, 0.05) is 10.0 Å². The van der Waals surface area contributed by atoms with Crippen LogP contribution in [-0.2, 0) is 0 Å². The first-order valence-electron chi connectivity index (χ1n) is 7.26. The molecule has 0 aliphatic heterocycles. The Labute approximate surface area is 143 Å². The molecule has 3 N–H and O–H groups in total. The highest BCUT2D eigenvalue weighted by molar-refractivity contribution is 9.10. The summed E-state index contributed by atoms with van der Waals surface area (Å²) >= 11 is 3.18. The molecule has 3 nitrogen and oxygen atoms in total. The molecule has 0 aromatic heterocycles. The average Bonchev–Trinajstić information content (AvgIpc) is 2.55. The third-order valence-corrected chi connectivity index (χ3v) is 3.95. The number of carbonyl (C=O) groups excluding carboxylic acids is 1. The molecule has 0 saturated heterocycles. The van der Waals surface area contributed by atoms with Crippen LogP contribution in [0.5, 0.6) is 0 Å². The maximum atomic E-state index is 10.2. The van der Waals surface area contributed by atoms with E-state index < -0.39 is 5.97 Å². The normalized spacial score (nSPS) is 11.4. The van der Waals surface area contributed by atoms with Gasteiger partial charge in [-0.15, -0.1) is 0 Å². The number of carboxylic acid groups (broad SMARTS) is 1. The summed E-state index contributed by atoms with van der Waals surface area (Å²) in [5.41, 5.74) is 5.52. The Morgan fingerprint density at radius 1 is 1.00 bits per heavy atom. The van der Waals surface area contributed by atoms with Crippen molar-refractivity contribution in [3.05, 3.63) is 82.3 Å². The Kier molecular flexibility index (Phi) is 5.90. The molecule has 23 heavy (non-hydrogen) atoms. The predicted octanol–water partition coefficient (Wildman–Crippen LogP) is 2.96. The number of hydrogen-bond donors (Lipinski definition) is 1. The highest BCUT2D eigenvalue weighted by atomic mass is 79.9. The van der Waals surface area contributed by atoms with Crippen LogP contribution >= 0.6 is 15.9 Å². The molecule has 118 valence electrons. The van der Waals surface area contributed by atoms with Crippen molar-refractivity contribution in [3.8, 4) is 0 Å². The van der Waals surface area contributed by atoms with E-state index in [1.54, 1.807) is 12.1 Å². The number of fused-ring (bicyclic) bond motifs is 1. The second-order valence-electron chi connectivity index (χ2n) is 5.30. The summed E-state index contributed by atoms with van der Waals surface area (Å²) < 4.78 is 0.859. The molecule has 0 saturated carbocycles. The standard InChI is InChI=1S/C12H13N.C7H5BrO2/c1-9(13)11-7-6-10-4-2-3-5-12(10)8-11;8-6-3-1-5(2-4-6)7(9)10/h2-9H,13H2,1H3;1-4H,(H,9,10)/t9-;/m1./s1. The van der Waals surface area contributed by atoms with Crippen molar-refractivity contribution in [3.63, 3.8) is 0 Å². The van der Waals surface area contributed by atoms with Gasteiger partial charge in [0.25, 0.3) is 0 Å². The van der Waals surface area contributed by atoms with Gasteiger partial charge < -0.3 is 15.6 Å². The second kappa shape index (κ2) is 7.90. The quantitative estimate of drug-likeness (QED) is 0.752. The van der Waals surface area contributed by atoms with Gasteiger partial charge in [0.2, 0.25) is 0 Å². The van der Waals surface area contributed by atoms with Crippen LogP contribution in [0.2, 0.25) is 0 Å². The zero-order valence-corrected chi connectivity index (χ0v) is 14.4. The van der Waals surface area contributed by atoms with Crippen LogP contribution in [-0.4, -0.2) is 5.97 Å². The summed E-state index contributed by atoms with van der Waals surface area (Å²) in [6.45, 7) is 2.12. The molecule has 1 atom stereocenters. The van der Waals surface area contributed by atoms with Gasteiger partial charge in [-0.05, 0) is 41.5 Å². The van der Waals surface area contributed by atoms with Gasteiger partial charge in [0.15, 0.2) is 0 Å². The molecule has 3 rings (SSSR count). The van der Waals surface area contributed by atoms with E-state index in [9.17, 15) is 9.90 Å². The Bertz CT molecular complexity index is 798. The summed E-state index contributed by atoms with van der Waals surface area (Å²) in [6.07, 6.45) is 0. The second-order valence-corrected chi connectivity index (χ2v) is 6.22. The minimum absolute atomic E-state index is 0.197. The number of quaternary nitrogens is 1. The van der Waals surface area contributed by atoms with E-state index >= 15 is 0 Å². The van der Waals surface area contributed by atoms with Gasteiger partial charge in [-0.25, -0.2) is 0 Å². The average molecular weight is 372 g/mol. The fourth-order valence-electron chi connectivity index (χ4n) is 2.10. The number of hydrogen-bond acceptors (Lipinski definition) is 2. The van der Waals surface area contributed by atoms with Crippen molar-refractivity contribution in [2.75, 3.05) is 0 Å². The zero-order chi connectivity index (χ0) is 16.8.